The monoisotopic (exact) mass is 665 g/mol. The van der Waals surface area contributed by atoms with Crippen LogP contribution in [-0.4, -0.2) is 60.0 Å². The van der Waals surface area contributed by atoms with Crippen LogP contribution >= 0.6 is 24.8 Å². The van der Waals surface area contributed by atoms with E-state index in [2.05, 4.69) is 9.88 Å². The van der Waals surface area contributed by atoms with Crippen LogP contribution in [-0.2, 0) is 25.2 Å². The Labute approximate surface area is 265 Å². The zero-order valence-electron chi connectivity index (χ0n) is 24.5. The van der Waals surface area contributed by atoms with Gasteiger partial charge in [0.05, 0.1) is 18.2 Å². The molecule has 3 aromatic rings. The van der Waals surface area contributed by atoms with Gasteiger partial charge in [-0.15, -0.1) is 24.8 Å². The first-order valence-electron chi connectivity index (χ1n) is 13.6. The highest BCUT2D eigenvalue weighted by atomic mass is 35.5. The molecule has 44 heavy (non-hydrogen) atoms. The van der Waals surface area contributed by atoms with Crippen LogP contribution in [0.2, 0.25) is 0 Å². The Kier molecular flexibility index (Phi) is 12.9. The molecule has 0 saturated carbocycles. The van der Waals surface area contributed by atoms with Crippen molar-refractivity contribution in [3.63, 3.8) is 0 Å². The first-order chi connectivity index (χ1) is 19.7. The smallest absolute Gasteiger partial charge is 0.416 e. The number of aryl methyl sites for hydroxylation is 3. The molecule has 1 aromatic heterocycles. The molecule has 1 aliphatic heterocycles. The van der Waals surface area contributed by atoms with Crippen molar-refractivity contribution in [3.05, 3.63) is 93.7 Å². The molecule has 1 saturated heterocycles. The standard InChI is InChI=1S/C31H33F6N3O2.2ClH/c1-20-6-7-23(13-21(20)2)14-27-19-39(10-4-5-22-8-9-28(42-3)38-18-22)11-12-40(27)29(41)24-15-25(30(32,33)34)17-26(16-24)31(35,36)37;;/h6-9,13,15-18,27H,4-5,10-12,14,19H2,1-3H3;2*1H/t27-;;/m1../s1. The van der Waals surface area contributed by atoms with Gasteiger partial charge in [0.2, 0.25) is 5.88 Å². The Balaban J connectivity index is 0.00000337. The quantitative estimate of drug-likeness (QED) is 0.233. The number of methoxy groups -OCH3 is 1. The fourth-order valence-electron chi connectivity index (χ4n) is 5.20. The normalized spacial score (nSPS) is 15.8. The molecule has 1 atom stereocenters. The lowest BCUT2D eigenvalue weighted by Crippen LogP contribution is -2.56. The van der Waals surface area contributed by atoms with E-state index in [4.69, 9.17) is 4.74 Å². The van der Waals surface area contributed by atoms with Crippen LogP contribution < -0.4 is 4.74 Å². The van der Waals surface area contributed by atoms with Crippen LogP contribution in [0, 0.1) is 13.8 Å². The Hall–Kier alpha value is -3.02. The third-order valence-corrected chi connectivity index (χ3v) is 7.65. The zero-order valence-corrected chi connectivity index (χ0v) is 26.1. The maximum Gasteiger partial charge on any atom is 0.416 e. The van der Waals surface area contributed by atoms with Crippen LogP contribution in [0.3, 0.4) is 0 Å². The Morgan fingerprint density at radius 1 is 0.886 bits per heavy atom. The minimum absolute atomic E-state index is 0. The largest absolute Gasteiger partial charge is 0.481 e. The molecular weight excluding hydrogens is 631 g/mol. The first-order valence-corrected chi connectivity index (χ1v) is 13.6. The van der Waals surface area contributed by atoms with Gasteiger partial charge in [0.15, 0.2) is 0 Å². The van der Waals surface area contributed by atoms with E-state index in [-0.39, 0.29) is 37.4 Å². The van der Waals surface area contributed by atoms with E-state index in [9.17, 15) is 31.1 Å². The highest BCUT2D eigenvalue weighted by Crippen LogP contribution is 2.37. The van der Waals surface area contributed by atoms with E-state index in [1.807, 2.05) is 38.1 Å². The van der Waals surface area contributed by atoms with E-state index < -0.39 is 41.0 Å². The minimum Gasteiger partial charge on any atom is -0.481 e. The van der Waals surface area contributed by atoms with Crippen molar-refractivity contribution >= 4 is 30.7 Å². The van der Waals surface area contributed by atoms with Gasteiger partial charge in [-0.25, -0.2) is 4.98 Å². The summed E-state index contributed by atoms with van der Waals surface area (Å²) >= 11 is 0. The fourth-order valence-corrected chi connectivity index (χ4v) is 5.20. The fraction of sp³-hybridized carbons (Fsp3) is 0.419. The molecule has 13 heteroatoms. The van der Waals surface area contributed by atoms with Crippen LogP contribution in [0.4, 0.5) is 26.3 Å². The molecule has 1 amide bonds. The summed E-state index contributed by atoms with van der Waals surface area (Å²) in [4.78, 5) is 21.4. The molecule has 0 bridgehead atoms. The van der Waals surface area contributed by atoms with Gasteiger partial charge in [-0.1, -0.05) is 24.3 Å². The van der Waals surface area contributed by atoms with Crippen LogP contribution in [0.1, 0.15) is 50.2 Å². The molecule has 0 N–H and O–H groups in total. The highest BCUT2D eigenvalue weighted by molar-refractivity contribution is 5.95. The summed E-state index contributed by atoms with van der Waals surface area (Å²) in [5.41, 5.74) is 0.500. The molecule has 242 valence electrons. The van der Waals surface area contributed by atoms with Gasteiger partial charge in [-0.3, -0.25) is 9.69 Å². The number of carbonyl (C=O) groups excluding carboxylic acids is 1. The molecule has 1 aliphatic rings. The van der Waals surface area contributed by atoms with Crippen molar-refractivity contribution in [3.8, 4) is 5.88 Å². The molecule has 2 heterocycles. The summed E-state index contributed by atoms with van der Waals surface area (Å²) in [6, 6.07) is 10.3. The number of pyridine rings is 1. The topological polar surface area (TPSA) is 45.7 Å². The number of hydrogen-bond donors (Lipinski definition) is 0. The van der Waals surface area contributed by atoms with Crippen molar-refractivity contribution in [2.45, 2.75) is 51.5 Å². The molecule has 0 spiro atoms. The second-order valence-corrected chi connectivity index (χ2v) is 10.7. The van der Waals surface area contributed by atoms with Gasteiger partial charge in [0.25, 0.3) is 5.91 Å². The van der Waals surface area contributed by atoms with E-state index >= 15 is 0 Å². The summed E-state index contributed by atoms with van der Waals surface area (Å²) in [5, 5.41) is 0. The molecular formula is C31H35Cl2F6N3O2. The minimum atomic E-state index is -5.03. The first kappa shape index (κ1) is 37.2. The maximum atomic E-state index is 13.6. The number of rotatable bonds is 8. The molecule has 0 unspecified atom stereocenters. The number of nitrogens with zero attached hydrogens (tertiary/aromatic N) is 3. The average Bonchev–Trinajstić information content (AvgIpc) is 2.94. The number of benzene rings is 2. The van der Waals surface area contributed by atoms with E-state index in [0.29, 0.717) is 44.1 Å². The van der Waals surface area contributed by atoms with Crippen LogP contribution in [0.25, 0.3) is 0 Å². The predicted molar refractivity (Wildman–Crippen MR) is 161 cm³/mol. The number of piperazine rings is 1. The lowest BCUT2D eigenvalue weighted by Gasteiger charge is -2.42. The molecule has 1 fully saturated rings. The summed E-state index contributed by atoms with van der Waals surface area (Å²) in [7, 11) is 1.54. The Morgan fingerprint density at radius 2 is 1.52 bits per heavy atom. The van der Waals surface area contributed by atoms with Crippen molar-refractivity contribution in [2.75, 3.05) is 33.3 Å². The summed E-state index contributed by atoms with van der Waals surface area (Å²) in [6.45, 7) is 5.70. The van der Waals surface area contributed by atoms with Crippen molar-refractivity contribution in [1.82, 2.24) is 14.8 Å². The number of amides is 1. The van der Waals surface area contributed by atoms with Crippen molar-refractivity contribution in [1.29, 1.82) is 0 Å². The number of halogens is 8. The second kappa shape index (κ2) is 15.3. The Morgan fingerprint density at radius 3 is 2.07 bits per heavy atom. The maximum absolute atomic E-state index is 13.6. The molecule has 0 radical (unpaired) electrons. The lowest BCUT2D eigenvalue weighted by molar-refractivity contribution is -0.143. The van der Waals surface area contributed by atoms with Gasteiger partial charge in [-0.2, -0.15) is 26.3 Å². The molecule has 0 aliphatic carbocycles. The van der Waals surface area contributed by atoms with E-state index in [0.717, 1.165) is 35.1 Å². The van der Waals surface area contributed by atoms with Gasteiger partial charge < -0.3 is 9.64 Å². The Bertz CT molecular complexity index is 1370. The van der Waals surface area contributed by atoms with Gasteiger partial charge in [0, 0.05) is 43.5 Å². The average molecular weight is 667 g/mol. The SMILES string of the molecule is COc1ccc(CCCN2CCN(C(=O)c3cc(C(F)(F)F)cc(C(F)(F)F)c3)[C@H](Cc3ccc(C)c(C)c3)C2)cn1.Cl.Cl. The summed E-state index contributed by atoms with van der Waals surface area (Å²) in [5.74, 6) is -0.318. The predicted octanol–water partition coefficient (Wildman–Crippen LogP) is 7.59. The van der Waals surface area contributed by atoms with Gasteiger partial charge in [0.1, 0.15) is 0 Å². The number of ether oxygens (including phenoxy) is 1. The van der Waals surface area contributed by atoms with Crippen molar-refractivity contribution in [2.24, 2.45) is 0 Å². The summed E-state index contributed by atoms with van der Waals surface area (Å²) in [6.07, 6.45) is -6.33. The van der Waals surface area contributed by atoms with Gasteiger partial charge in [-0.05, 0) is 80.1 Å². The zero-order chi connectivity index (χ0) is 30.7. The summed E-state index contributed by atoms with van der Waals surface area (Å²) < 4.78 is 86.1. The number of hydrogen-bond acceptors (Lipinski definition) is 4. The number of aromatic nitrogens is 1. The highest BCUT2D eigenvalue weighted by Gasteiger charge is 2.39. The van der Waals surface area contributed by atoms with Crippen LogP contribution in [0.15, 0.2) is 54.7 Å². The lowest BCUT2D eigenvalue weighted by atomic mass is 9.97. The third kappa shape index (κ3) is 9.49. The molecule has 2 aromatic carbocycles. The van der Waals surface area contributed by atoms with Crippen molar-refractivity contribution < 1.29 is 35.9 Å². The molecule has 4 rings (SSSR count). The second-order valence-electron chi connectivity index (χ2n) is 10.7. The van der Waals surface area contributed by atoms with Crippen LogP contribution in [0.5, 0.6) is 5.88 Å². The van der Waals surface area contributed by atoms with E-state index in [1.54, 1.807) is 19.4 Å². The van der Waals surface area contributed by atoms with E-state index in [1.165, 1.54) is 4.90 Å². The number of alkyl halides is 6. The third-order valence-electron chi connectivity index (χ3n) is 7.65. The molecule has 5 nitrogen and oxygen atoms in total. The number of carbonyl (C=O) groups is 1. The van der Waals surface area contributed by atoms with Gasteiger partial charge >= 0.3 is 12.4 Å².